The summed E-state index contributed by atoms with van der Waals surface area (Å²) in [5.74, 6) is 0.891. The molecule has 0 heterocycles. The van der Waals surface area contributed by atoms with Gasteiger partial charge >= 0.3 is 0 Å². The van der Waals surface area contributed by atoms with Gasteiger partial charge in [0.2, 0.25) is 0 Å². The molecule has 0 amide bonds. The van der Waals surface area contributed by atoms with Crippen molar-refractivity contribution in [1.29, 1.82) is 0 Å². The maximum atomic E-state index is 10.8. The molecule has 2 aromatic rings. The molecule has 0 saturated heterocycles. The normalized spacial score (nSPS) is 15.3. The van der Waals surface area contributed by atoms with Gasteiger partial charge < -0.3 is 10.2 Å². The molecule has 0 aliphatic heterocycles. The molecule has 1 aliphatic carbocycles. The van der Waals surface area contributed by atoms with Gasteiger partial charge in [-0.15, -0.1) is 0 Å². The van der Waals surface area contributed by atoms with Gasteiger partial charge in [-0.3, -0.25) is 10.1 Å². The molecule has 1 unspecified atom stereocenters. The first-order valence-electron chi connectivity index (χ1n) is 10.4. The second-order valence-corrected chi connectivity index (χ2v) is 7.90. The van der Waals surface area contributed by atoms with Crippen LogP contribution >= 0.6 is 0 Å². The molecule has 1 fully saturated rings. The average molecular weight is 382 g/mol. The van der Waals surface area contributed by atoms with Crippen molar-refractivity contribution in [1.82, 2.24) is 0 Å². The van der Waals surface area contributed by atoms with Crippen molar-refractivity contribution in [3.8, 4) is 0 Å². The van der Waals surface area contributed by atoms with E-state index in [-0.39, 0.29) is 10.6 Å². The zero-order valence-electron chi connectivity index (χ0n) is 16.7. The highest BCUT2D eigenvalue weighted by Gasteiger charge is 2.17. The lowest BCUT2D eigenvalue weighted by Crippen LogP contribution is -2.30. The number of non-ortho nitro benzene ring substituents is 1. The topological polar surface area (TPSA) is 58.4 Å². The fourth-order valence-electron chi connectivity index (χ4n) is 4.03. The number of nitro benzene ring substituents is 1. The molecule has 28 heavy (non-hydrogen) atoms. The lowest BCUT2D eigenvalue weighted by atomic mass is 10.0. The largest absolute Gasteiger partial charge is 0.383 e. The SMILES string of the molecule is CC(CCN(CCC1CCCC1)c1ccccc1)Nc1ccc([N+](=O)[O-])cc1. The first-order chi connectivity index (χ1) is 13.6. The predicted octanol–water partition coefficient (Wildman–Crippen LogP) is 5.87. The van der Waals surface area contributed by atoms with Gasteiger partial charge in [-0.05, 0) is 49.9 Å². The van der Waals surface area contributed by atoms with Crippen LogP contribution in [0.2, 0.25) is 0 Å². The molecule has 5 heteroatoms. The van der Waals surface area contributed by atoms with E-state index < -0.39 is 0 Å². The monoisotopic (exact) mass is 381 g/mol. The van der Waals surface area contributed by atoms with Gasteiger partial charge in [-0.2, -0.15) is 0 Å². The van der Waals surface area contributed by atoms with Crippen molar-refractivity contribution >= 4 is 17.1 Å². The first kappa shape index (κ1) is 20.2. The van der Waals surface area contributed by atoms with Gasteiger partial charge in [-0.1, -0.05) is 43.9 Å². The van der Waals surface area contributed by atoms with Crippen LogP contribution in [0.25, 0.3) is 0 Å². The van der Waals surface area contributed by atoms with Gasteiger partial charge in [0.15, 0.2) is 0 Å². The maximum Gasteiger partial charge on any atom is 0.269 e. The minimum Gasteiger partial charge on any atom is -0.383 e. The van der Waals surface area contributed by atoms with Gasteiger partial charge in [0.05, 0.1) is 4.92 Å². The molecule has 0 radical (unpaired) electrons. The van der Waals surface area contributed by atoms with Crippen LogP contribution in [-0.4, -0.2) is 24.1 Å². The molecular formula is C23H31N3O2. The van der Waals surface area contributed by atoms with Crippen LogP contribution < -0.4 is 10.2 Å². The van der Waals surface area contributed by atoms with Crippen molar-refractivity contribution in [3.05, 3.63) is 64.7 Å². The van der Waals surface area contributed by atoms with E-state index in [1.807, 2.05) is 0 Å². The second kappa shape index (κ2) is 10.1. The summed E-state index contributed by atoms with van der Waals surface area (Å²) in [4.78, 5) is 12.9. The third-order valence-corrected chi connectivity index (χ3v) is 5.73. The Kier molecular flexibility index (Phi) is 7.29. The summed E-state index contributed by atoms with van der Waals surface area (Å²) in [5.41, 5.74) is 2.35. The average Bonchev–Trinajstić information content (AvgIpc) is 3.23. The van der Waals surface area contributed by atoms with E-state index in [1.165, 1.54) is 37.8 Å². The Morgan fingerprint density at radius 3 is 2.39 bits per heavy atom. The van der Waals surface area contributed by atoms with Crippen molar-refractivity contribution in [2.75, 3.05) is 23.3 Å². The Bertz CT molecular complexity index is 727. The fourth-order valence-corrected chi connectivity index (χ4v) is 4.03. The molecule has 1 N–H and O–H groups in total. The highest BCUT2D eigenvalue weighted by molar-refractivity contribution is 5.49. The number of hydrogen-bond acceptors (Lipinski definition) is 4. The van der Waals surface area contributed by atoms with Crippen LogP contribution in [0, 0.1) is 16.0 Å². The van der Waals surface area contributed by atoms with E-state index in [0.29, 0.717) is 6.04 Å². The number of anilines is 2. The Morgan fingerprint density at radius 2 is 1.75 bits per heavy atom. The van der Waals surface area contributed by atoms with Crippen LogP contribution in [0.4, 0.5) is 17.1 Å². The van der Waals surface area contributed by atoms with Crippen molar-refractivity contribution in [3.63, 3.8) is 0 Å². The Balaban J connectivity index is 1.53. The number of hydrogen-bond donors (Lipinski definition) is 1. The van der Waals surface area contributed by atoms with Crippen LogP contribution in [-0.2, 0) is 0 Å². The molecule has 3 rings (SSSR count). The minimum atomic E-state index is -0.366. The summed E-state index contributed by atoms with van der Waals surface area (Å²) in [6.07, 6.45) is 7.86. The quantitative estimate of drug-likeness (QED) is 0.413. The van der Waals surface area contributed by atoms with Gasteiger partial charge in [-0.25, -0.2) is 0 Å². The second-order valence-electron chi connectivity index (χ2n) is 7.90. The van der Waals surface area contributed by atoms with E-state index in [9.17, 15) is 10.1 Å². The summed E-state index contributed by atoms with van der Waals surface area (Å²) < 4.78 is 0. The molecule has 150 valence electrons. The number of benzene rings is 2. The van der Waals surface area contributed by atoms with E-state index in [4.69, 9.17) is 0 Å². The molecule has 5 nitrogen and oxygen atoms in total. The predicted molar refractivity (Wildman–Crippen MR) is 116 cm³/mol. The summed E-state index contributed by atoms with van der Waals surface area (Å²) in [5, 5.41) is 14.2. The molecule has 0 aromatic heterocycles. The molecule has 1 atom stereocenters. The zero-order chi connectivity index (χ0) is 19.8. The summed E-state index contributed by atoms with van der Waals surface area (Å²) in [7, 11) is 0. The van der Waals surface area contributed by atoms with Crippen LogP contribution in [0.1, 0.15) is 45.4 Å². The van der Waals surface area contributed by atoms with E-state index in [2.05, 4.69) is 47.5 Å². The van der Waals surface area contributed by atoms with Gasteiger partial charge in [0.25, 0.3) is 5.69 Å². The van der Waals surface area contributed by atoms with Crippen molar-refractivity contribution in [2.24, 2.45) is 5.92 Å². The van der Waals surface area contributed by atoms with E-state index >= 15 is 0 Å². The fraction of sp³-hybridized carbons (Fsp3) is 0.478. The molecule has 1 saturated carbocycles. The molecular weight excluding hydrogens is 350 g/mol. The van der Waals surface area contributed by atoms with Crippen molar-refractivity contribution in [2.45, 2.75) is 51.5 Å². The molecule has 1 aliphatic rings. The van der Waals surface area contributed by atoms with E-state index in [0.717, 1.165) is 31.1 Å². The molecule has 0 bridgehead atoms. The minimum absolute atomic E-state index is 0.125. The number of nitrogens with one attached hydrogen (secondary N) is 1. The highest BCUT2D eigenvalue weighted by Crippen LogP contribution is 2.28. The van der Waals surface area contributed by atoms with Crippen LogP contribution in [0.5, 0.6) is 0 Å². The molecule has 2 aromatic carbocycles. The first-order valence-corrected chi connectivity index (χ1v) is 10.4. The number of para-hydroxylation sites is 1. The summed E-state index contributed by atoms with van der Waals surface area (Å²) >= 11 is 0. The Hall–Kier alpha value is -2.56. The summed E-state index contributed by atoms with van der Waals surface area (Å²) in [6, 6.07) is 17.6. The third kappa shape index (κ3) is 5.98. The number of nitro groups is 1. The Labute approximate surface area is 167 Å². The van der Waals surface area contributed by atoms with Crippen LogP contribution in [0.15, 0.2) is 54.6 Å². The Morgan fingerprint density at radius 1 is 1.07 bits per heavy atom. The number of nitrogens with zero attached hydrogens (tertiary/aromatic N) is 2. The van der Waals surface area contributed by atoms with Crippen LogP contribution in [0.3, 0.4) is 0 Å². The van der Waals surface area contributed by atoms with E-state index in [1.54, 1.807) is 24.3 Å². The molecule has 0 spiro atoms. The van der Waals surface area contributed by atoms with Gasteiger partial charge in [0, 0.05) is 42.6 Å². The lowest BCUT2D eigenvalue weighted by molar-refractivity contribution is -0.384. The van der Waals surface area contributed by atoms with Crippen molar-refractivity contribution < 1.29 is 4.92 Å². The number of rotatable bonds is 10. The highest BCUT2D eigenvalue weighted by atomic mass is 16.6. The smallest absolute Gasteiger partial charge is 0.269 e. The third-order valence-electron chi connectivity index (χ3n) is 5.73. The maximum absolute atomic E-state index is 10.8. The lowest BCUT2D eigenvalue weighted by Gasteiger charge is -2.28. The van der Waals surface area contributed by atoms with Gasteiger partial charge in [0.1, 0.15) is 0 Å². The summed E-state index contributed by atoms with van der Waals surface area (Å²) in [6.45, 7) is 4.28. The standard InChI is InChI=1S/C23H31N3O2/c1-19(24-21-11-13-23(14-12-21)26(27)28)15-17-25(22-9-3-2-4-10-22)18-16-20-7-5-6-8-20/h2-4,9-14,19-20,24H,5-8,15-18H2,1H3. The zero-order valence-corrected chi connectivity index (χ0v) is 16.7.